The summed E-state index contributed by atoms with van der Waals surface area (Å²) in [7, 11) is -3.80. The predicted molar refractivity (Wildman–Crippen MR) is 84.8 cm³/mol. The van der Waals surface area contributed by atoms with Crippen LogP contribution in [0.3, 0.4) is 0 Å². The molecule has 0 unspecified atom stereocenters. The number of aromatic nitrogens is 3. The average Bonchev–Trinajstić information content (AvgIpc) is 3.20. The average molecular weight is 353 g/mol. The molecule has 2 aromatic heterocycles. The smallest absolute Gasteiger partial charge is 0.247 e. The largest absolute Gasteiger partial charge is 0.360 e. The van der Waals surface area contributed by atoms with Crippen LogP contribution in [0.4, 0.5) is 5.82 Å². The Morgan fingerprint density at radius 3 is 2.75 bits per heavy atom. The third kappa shape index (κ3) is 2.82. The van der Waals surface area contributed by atoms with Gasteiger partial charge in [0.25, 0.3) is 0 Å². The van der Waals surface area contributed by atoms with E-state index in [1.807, 2.05) is 0 Å². The van der Waals surface area contributed by atoms with Gasteiger partial charge in [-0.15, -0.1) is 0 Å². The van der Waals surface area contributed by atoms with E-state index in [-0.39, 0.29) is 10.7 Å². The molecule has 3 heterocycles. The van der Waals surface area contributed by atoms with Gasteiger partial charge in [-0.1, -0.05) is 5.16 Å². The highest BCUT2D eigenvalue weighted by molar-refractivity contribution is 7.89. The summed E-state index contributed by atoms with van der Waals surface area (Å²) in [5.41, 5.74) is 0.858. The summed E-state index contributed by atoms with van der Waals surface area (Å²) in [4.78, 5) is 12.6. The minimum absolute atomic E-state index is 0.138. The van der Waals surface area contributed by atoms with Gasteiger partial charge in [-0.05, 0) is 33.6 Å². The number of carbonyl (C=O) groups is 1. The standard InChI is InChI=1S/C14H19N5O4S/c1-8-7-12(18-23-8)15-14(20)11-5-4-6-19(11)24(21,22)13-9(2)16-17-10(13)3/h7,11H,4-6H2,1-3H3,(H,16,17)(H,15,18,20)/t11-/m0/s1. The Morgan fingerprint density at radius 1 is 1.42 bits per heavy atom. The Labute approximate surface area is 139 Å². The number of anilines is 1. The van der Waals surface area contributed by atoms with Crippen molar-refractivity contribution in [3.8, 4) is 0 Å². The molecule has 130 valence electrons. The molecule has 9 nitrogen and oxygen atoms in total. The molecule has 1 saturated heterocycles. The zero-order valence-electron chi connectivity index (χ0n) is 13.7. The van der Waals surface area contributed by atoms with E-state index in [1.54, 1.807) is 26.8 Å². The molecule has 1 aliphatic heterocycles. The normalized spacial score (nSPS) is 18.9. The van der Waals surface area contributed by atoms with Crippen LogP contribution in [0.1, 0.15) is 30.0 Å². The monoisotopic (exact) mass is 353 g/mol. The molecule has 2 aromatic rings. The number of aryl methyl sites for hydroxylation is 3. The number of H-pyrrole nitrogens is 1. The fourth-order valence-electron chi connectivity index (χ4n) is 2.96. The number of nitrogens with one attached hydrogen (secondary N) is 2. The van der Waals surface area contributed by atoms with Crippen LogP contribution < -0.4 is 5.32 Å². The number of nitrogens with zero attached hydrogens (tertiary/aromatic N) is 3. The van der Waals surface area contributed by atoms with Crippen LogP contribution in [0.15, 0.2) is 15.5 Å². The molecule has 1 fully saturated rings. The molecule has 0 spiro atoms. The Hall–Kier alpha value is -2.20. The van der Waals surface area contributed by atoms with E-state index in [4.69, 9.17) is 4.52 Å². The zero-order chi connectivity index (χ0) is 17.5. The molecule has 0 radical (unpaired) electrons. The van der Waals surface area contributed by atoms with E-state index >= 15 is 0 Å². The van der Waals surface area contributed by atoms with Crippen LogP contribution in [0.25, 0.3) is 0 Å². The number of hydrogen-bond acceptors (Lipinski definition) is 6. The van der Waals surface area contributed by atoms with Gasteiger partial charge in [0, 0.05) is 12.6 Å². The van der Waals surface area contributed by atoms with Crippen molar-refractivity contribution in [2.24, 2.45) is 0 Å². The maximum Gasteiger partial charge on any atom is 0.247 e. The second-order valence-electron chi connectivity index (χ2n) is 5.85. The van der Waals surface area contributed by atoms with Crippen molar-refractivity contribution in [2.45, 2.75) is 44.6 Å². The molecule has 0 bridgehead atoms. The Balaban J connectivity index is 1.86. The number of aromatic amines is 1. The fourth-order valence-corrected chi connectivity index (χ4v) is 4.95. The lowest BCUT2D eigenvalue weighted by atomic mass is 10.2. The summed E-state index contributed by atoms with van der Waals surface area (Å²) in [5.74, 6) is 0.423. The SMILES string of the molecule is Cc1cc(NC(=O)[C@@H]2CCCN2S(=O)(=O)c2c(C)n[nH]c2C)no1. The molecular formula is C14H19N5O4S. The molecule has 0 aromatic carbocycles. The van der Waals surface area contributed by atoms with Gasteiger partial charge >= 0.3 is 0 Å². The molecule has 3 rings (SSSR count). The summed E-state index contributed by atoms with van der Waals surface area (Å²) >= 11 is 0. The first kappa shape index (κ1) is 16.7. The second-order valence-corrected chi connectivity index (χ2v) is 7.68. The van der Waals surface area contributed by atoms with Crippen LogP contribution in [0, 0.1) is 20.8 Å². The first-order chi connectivity index (χ1) is 11.3. The van der Waals surface area contributed by atoms with E-state index in [0.29, 0.717) is 36.5 Å². The number of rotatable bonds is 4. The molecule has 10 heteroatoms. The predicted octanol–water partition coefficient (Wildman–Crippen LogP) is 1.11. The lowest BCUT2D eigenvalue weighted by Gasteiger charge is -2.23. The number of amides is 1. The Bertz CT molecular complexity index is 850. The first-order valence-electron chi connectivity index (χ1n) is 7.58. The van der Waals surface area contributed by atoms with Gasteiger partial charge in [0.2, 0.25) is 15.9 Å². The molecule has 1 aliphatic rings. The Morgan fingerprint density at radius 2 is 2.17 bits per heavy atom. The van der Waals surface area contributed by atoms with Crippen molar-refractivity contribution < 1.29 is 17.7 Å². The van der Waals surface area contributed by atoms with Crippen LogP contribution >= 0.6 is 0 Å². The topological polar surface area (TPSA) is 121 Å². The number of sulfonamides is 1. The molecule has 2 N–H and O–H groups in total. The minimum atomic E-state index is -3.80. The molecule has 0 aliphatic carbocycles. The maximum atomic E-state index is 13.0. The lowest BCUT2D eigenvalue weighted by Crippen LogP contribution is -2.43. The van der Waals surface area contributed by atoms with Crippen molar-refractivity contribution in [2.75, 3.05) is 11.9 Å². The summed E-state index contributed by atoms with van der Waals surface area (Å²) in [6.45, 7) is 5.28. The van der Waals surface area contributed by atoms with Gasteiger partial charge in [0.05, 0.1) is 11.4 Å². The lowest BCUT2D eigenvalue weighted by molar-refractivity contribution is -0.119. The highest BCUT2D eigenvalue weighted by Gasteiger charge is 2.41. The highest BCUT2D eigenvalue weighted by Crippen LogP contribution is 2.29. The van der Waals surface area contributed by atoms with Crippen molar-refractivity contribution in [1.82, 2.24) is 19.7 Å². The maximum absolute atomic E-state index is 13.0. The van der Waals surface area contributed by atoms with Gasteiger partial charge < -0.3 is 9.84 Å². The summed E-state index contributed by atoms with van der Waals surface area (Å²) in [5, 5.41) is 12.9. The summed E-state index contributed by atoms with van der Waals surface area (Å²) in [6, 6.07) is 0.802. The number of hydrogen-bond donors (Lipinski definition) is 2. The molecule has 1 amide bonds. The van der Waals surface area contributed by atoms with Gasteiger partial charge in [0.1, 0.15) is 16.7 Å². The van der Waals surface area contributed by atoms with Crippen molar-refractivity contribution in [1.29, 1.82) is 0 Å². The minimum Gasteiger partial charge on any atom is -0.360 e. The van der Waals surface area contributed by atoms with Crippen molar-refractivity contribution in [3.63, 3.8) is 0 Å². The van der Waals surface area contributed by atoms with Crippen LogP contribution in [-0.4, -0.2) is 46.6 Å². The summed E-state index contributed by atoms with van der Waals surface area (Å²) in [6.07, 6.45) is 1.07. The van der Waals surface area contributed by atoms with Crippen molar-refractivity contribution in [3.05, 3.63) is 23.2 Å². The van der Waals surface area contributed by atoms with Crippen LogP contribution in [-0.2, 0) is 14.8 Å². The fraction of sp³-hybridized carbons (Fsp3) is 0.500. The van der Waals surface area contributed by atoms with Gasteiger partial charge in [-0.2, -0.15) is 9.40 Å². The highest BCUT2D eigenvalue weighted by atomic mass is 32.2. The third-order valence-corrected chi connectivity index (χ3v) is 6.18. The van der Waals surface area contributed by atoms with Gasteiger partial charge in [0.15, 0.2) is 5.82 Å². The zero-order valence-corrected chi connectivity index (χ0v) is 14.5. The van der Waals surface area contributed by atoms with E-state index in [1.165, 1.54) is 4.31 Å². The third-order valence-electron chi connectivity index (χ3n) is 4.01. The second kappa shape index (κ2) is 6.02. The Kier molecular flexibility index (Phi) is 4.18. The van der Waals surface area contributed by atoms with Crippen LogP contribution in [0.2, 0.25) is 0 Å². The van der Waals surface area contributed by atoms with Gasteiger partial charge in [-0.3, -0.25) is 9.89 Å². The molecule has 24 heavy (non-hydrogen) atoms. The van der Waals surface area contributed by atoms with Gasteiger partial charge in [-0.25, -0.2) is 8.42 Å². The van der Waals surface area contributed by atoms with E-state index < -0.39 is 22.0 Å². The molecule has 1 atom stereocenters. The first-order valence-corrected chi connectivity index (χ1v) is 9.02. The van der Waals surface area contributed by atoms with E-state index in [9.17, 15) is 13.2 Å². The molecule has 0 saturated carbocycles. The van der Waals surface area contributed by atoms with Crippen LogP contribution in [0.5, 0.6) is 0 Å². The quantitative estimate of drug-likeness (QED) is 0.849. The van der Waals surface area contributed by atoms with E-state index in [2.05, 4.69) is 20.7 Å². The van der Waals surface area contributed by atoms with E-state index in [0.717, 1.165) is 0 Å². The molecular weight excluding hydrogens is 334 g/mol. The summed E-state index contributed by atoms with van der Waals surface area (Å²) < 4.78 is 32.1. The number of carbonyl (C=O) groups excluding carboxylic acids is 1. The van der Waals surface area contributed by atoms with Crippen molar-refractivity contribution >= 4 is 21.7 Å².